The fourth-order valence-corrected chi connectivity index (χ4v) is 3.97. The maximum atomic E-state index is 14.4. The number of nitrogen functional groups attached to an aromatic ring is 1. The molecule has 4 N–H and O–H groups in total. The highest BCUT2D eigenvalue weighted by Gasteiger charge is 2.29. The standard InChI is InChI=1S/C21H23FN4O2/c22-18-11-13(23)3-4-15(18)14-5-6-16(19-17(14)12-25-21(19)28)20(27)24-7-10-26-8-1-2-9-26/h3-6,11H,1-2,7-10,12,23H2,(H,24,27)(H,25,28). The monoisotopic (exact) mass is 382 g/mol. The van der Waals surface area contributed by atoms with Crippen molar-refractivity contribution in [1.82, 2.24) is 15.5 Å². The lowest BCUT2D eigenvalue weighted by molar-refractivity contribution is 0.0924. The van der Waals surface area contributed by atoms with E-state index in [1.54, 1.807) is 24.3 Å². The van der Waals surface area contributed by atoms with Crippen molar-refractivity contribution >= 4 is 17.5 Å². The lowest BCUT2D eigenvalue weighted by Crippen LogP contribution is -2.34. The first-order chi connectivity index (χ1) is 13.5. The number of hydrogen-bond donors (Lipinski definition) is 3. The van der Waals surface area contributed by atoms with Crippen molar-refractivity contribution in [3.8, 4) is 11.1 Å². The van der Waals surface area contributed by atoms with Gasteiger partial charge in [0.2, 0.25) is 0 Å². The number of amides is 2. The van der Waals surface area contributed by atoms with Crippen LogP contribution in [-0.4, -0.2) is 42.9 Å². The van der Waals surface area contributed by atoms with Gasteiger partial charge in [0.25, 0.3) is 11.8 Å². The predicted octanol–water partition coefficient (Wildman–Crippen LogP) is 2.14. The van der Waals surface area contributed by atoms with E-state index in [1.165, 1.54) is 18.9 Å². The number of halogens is 1. The van der Waals surface area contributed by atoms with Crippen molar-refractivity contribution in [2.45, 2.75) is 19.4 Å². The van der Waals surface area contributed by atoms with Gasteiger partial charge in [0.05, 0.1) is 11.1 Å². The first-order valence-corrected chi connectivity index (χ1v) is 9.54. The number of carbonyl (C=O) groups is 2. The van der Waals surface area contributed by atoms with Crippen LogP contribution in [0.2, 0.25) is 0 Å². The molecule has 2 aromatic rings. The summed E-state index contributed by atoms with van der Waals surface area (Å²) in [7, 11) is 0. The summed E-state index contributed by atoms with van der Waals surface area (Å²) in [5, 5.41) is 5.65. The third-order valence-corrected chi connectivity index (χ3v) is 5.41. The average molecular weight is 382 g/mol. The molecule has 1 saturated heterocycles. The molecule has 0 atom stereocenters. The largest absolute Gasteiger partial charge is 0.399 e. The minimum Gasteiger partial charge on any atom is -0.399 e. The second kappa shape index (κ2) is 7.59. The lowest BCUT2D eigenvalue weighted by atomic mass is 9.92. The van der Waals surface area contributed by atoms with E-state index in [2.05, 4.69) is 15.5 Å². The van der Waals surface area contributed by atoms with Crippen molar-refractivity contribution in [3.05, 3.63) is 52.8 Å². The quantitative estimate of drug-likeness (QED) is 0.692. The Hall–Kier alpha value is -2.93. The number of carbonyl (C=O) groups excluding carboxylic acids is 2. The Morgan fingerprint density at radius 2 is 1.93 bits per heavy atom. The van der Waals surface area contributed by atoms with Crippen LogP contribution >= 0.6 is 0 Å². The molecule has 6 nitrogen and oxygen atoms in total. The van der Waals surface area contributed by atoms with E-state index in [9.17, 15) is 14.0 Å². The summed E-state index contributed by atoms with van der Waals surface area (Å²) < 4.78 is 14.4. The summed E-state index contributed by atoms with van der Waals surface area (Å²) in [6.45, 7) is 3.73. The molecular weight excluding hydrogens is 359 g/mol. The zero-order valence-electron chi connectivity index (χ0n) is 15.6. The van der Waals surface area contributed by atoms with Crippen LogP contribution < -0.4 is 16.4 Å². The zero-order valence-corrected chi connectivity index (χ0v) is 15.6. The number of nitrogens with two attached hydrogens (primary N) is 1. The number of hydrogen-bond acceptors (Lipinski definition) is 4. The number of fused-ring (bicyclic) bond motifs is 1. The van der Waals surface area contributed by atoms with E-state index in [0.717, 1.165) is 19.6 Å². The van der Waals surface area contributed by atoms with Crippen LogP contribution in [0.25, 0.3) is 11.1 Å². The first kappa shape index (κ1) is 18.4. The highest BCUT2D eigenvalue weighted by atomic mass is 19.1. The molecule has 146 valence electrons. The Morgan fingerprint density at radius 1 is 1.18 bits per heavy atom. The number of likely N-dealkylation sites (tertiary alicyclic amines) is 1. The van der Waals surface area contributed by atoms with Crippen molar-refractivity contribution < 1.29 is 14.0 Å². The maximum Gasteiger partial charge on any atom is 0.252 e. The van der Waals surface area contributed by atoms with Gasteiger partial charge in [-0.15, -0.1) is 0 Å². The zero-order chi connectivity index (χ0) is 19.7. The van der Waals surface area contributed by atoms with Crippen LogP contribution in [0.3, 0.4) is 0 Å². The Bertz CT molecular complexity index is 938. The van der Waals surface area contributed by atoms with Gasteiger partial charge in [-0.2, -0.15) is 0 Å². The van der Waals surface area contributed by atoms with Gasteiger partial charge in [0, 0.05) is 30.9 Å². The molecule has 28 heavy (non-hydrogen) atoms. The summed E-state index contributed by atoms with van der Waals surface area (Å²) in [6.07, 6.45) is 2.40. The minimum atomic E-state index is -0.454. The third-order valence-electron chi connectivity index (χ3n) is 5.41. The molecule has 0 aliphatic carbocycles. The van der Waals surface area contributed by atoms with Crippen LogP contribution in [0.1, 0.15) is 39.1 Å². The molecule has 2 aliphatic rings. The van der Waals surface area contributed by atoms with E-state index in [4.69, 9.17) is 5.73 Å². The van der Waals surface area contributed by atoms with Crippen LogP contribution in [0, 0.1) is 5.82 Å². The predicted molar refractivity (Wildman–Crippen MR) is 105 cm³/mol. The van der Waals surface area contributed by atoms with E-state index in [1.807, 2.05) is 0 Å². The second-order valence-electron chi connectivity index (χ2n) is 7.24. The highest BCUT2D eigenvalue weighted by Crippen LogP contribution is 2.33. The minimum absolute atomic E-state index is 0.266. The Labute approximate surface area is 162 Å². The van der Waals surface area contributed by atoms with E-state index in [-0.39, 0.29) is 18.4 Å². The van der Waals surface area contributed by atoms with Crippen molar-refractivity contribution in [3.63, 3.8) is 0 Å². The van der Waals surface area contributed by atoms with E-state index < -0.39 is 5.82 Å². The molecule has 0 spiro atoms. The van der Waals surface area contributed by atoms with Gasteiger partial charge in [0.1, 0.15) is 5.82 Å². The van der Waals surface area contributed by atoms with Gasteiger partial charge in [-0.05, 0) is 61.3 Å². The molecule has 7 heteroatoms. The molecule has 2 heterocycles. The van der Waals surface area contributed by atoms with Crippen molar-refractivity contribution in [2.24, 2.45) is 0 Å². The molecule has 0 bridgehead atoms. The normalized spacial score (nSPS) is 16.1. The molecule has 2 amide bonds. The van der Waals surface area contributed by atoms with E-state index >= 15 is 0 Å². The van der Waals surface area contributed by atoms with Gasteiger partial charge >= 0.3 is 0 Å². The van der Waals surface area contributed by atoms with Gasteiger partial charge in [-0.25, -0.2) is 4.39 Å². The summed E-state index contributed by atoms with van der Waals surface area (Å²) in [4.78, 5) is 27.4. The summed E-state index contributed by atoms with van der Waals surface area (Å²) in [6, 6.07) is 7.76. The Morgan fingerprint density at radius 3 is 2.68 bits per heavy atom. The molecule has 1 fully saturated rings. The molecule has 0 saturated carbocycles. The van der Waals surface area contributed by atoms with Crippen LogP contribution in [-0.2, 0) is 6.54 Å². The Kier molecular flexibility index (Phi) is 5.00. The van der Waals surface area contributed by atoms with Crippen molar-refractivity contribution in [1.29, 1.82) is 0 Å². The highest BCUT2D eigenvalue weighted by molar-refractivity contribution is 6.11. The first-order valence-electron chi connectivity index (χ1n) is 9.54. The second-order valence-corrected chi connectivity index (χ2v) is 7.24. The lowest BCUT2D eigenvalue weighted by Gasteiger charge is -2.16. The molecule has 4 rings (SSSR count). The SMILES string of the molecule is Nc1ccc(-c2ccc(C(=O)NCCN3CCCC3)c3c2CNC3=O)c(F)c1. The maximum absolute atomic E-state index is 14.4. The number of anilines is 1. The molecule has 2 aliphatic heterocycles. The summed E-state index contributed by atoms with van der Waals surface area (Å²) >= 11 is 0. The molecule has 0 unspecified atom stereocenters. The number of nitrogens with zero attached hydrogens (tertiary/aromatic N) is 1. The molecular formula is C21H23FN4O2. The topological polar surface area (TPSA) is 87.5 Å². The van der Waals surface area contributed by atoms with Gasteiger partial charge in [-0.1, -0.05) is 6.07 Å². The summed E-state index contributed by atoms with van der Waals surface area (Å²) in [5.74, 6) is -1.04. The van der Waals surface area contributed by atoms with Gasteiger partial charge < -0.3 is 21.3 Å². The number of rotatable bonds is 5. The third kappa shape index (κ3) is 3.45. The van der Waals surface area contributed by atoms with Gasteiger partial charge in [-0.3, -0.25) is 9.59 Å². The average Bonchev–Trinajstić information content (AvgIpc) is 3.32. The number of nitrogens with one attached hydrogen (secondary N) is 2. The fourth-order valence-electron chi connectivity index (χ4n) is 3.97. The van der Waals surface area contributed by atoms with Crippen LogP contribution in [0.15, 0.2) is 30.3 Å². The molecule has 0 aromatic heterocycles. The summed E-state index contributed by atoms with van der Waals surface area (Å²) in [5.41, 5.74) is 8.22. The van der Waals surface area contributed by atoms with Gasteiger partial charge in [0.15, 0.2) is 0 Å². The molecule has 0 radical (unpaired) electrons. The van der Waals surface area contributed by atoms with Crippen molar-refractivity contribution in [2.75, 3.05) is 31.9 Å². The van der Waals surface area contributed by atoms with Crippen LogP contribution in [0.5, 0.6) is 0 Å². The molecule has 2 aromatic carbocycles. The smallest absolute Gasteiger partial charge is 0.252 e. The Balaban J connectivity index is 1.60. The van der Waals surface area contributed by atoms with E-state index in [0.29, 0.717) is 40.0 Å². The van der Waals surface area contributed by atoms with Crippen LogP contribution in [0.4, 0.5) is 10.1 Å². The number of benzene rings is 2. The fraction of sp³-hybridized carbons (Fsp3) is 0.333.